The van der Waals surface area contributed by atoms with Gasteiger partial charge in [0.15, 0.2) is 0 Å². The van der Waals surface area contributed by atoms with E-state index in [-0.39, 0.29) is 31.9 Å². The van der Waals surface area contributed by atoms with Crippen LogP contribution in [0.2, 0.25) is 0 Å². The van der Waals surface area contributed by atoms with Gasteiger partial charge in [-0.15, -0.1) is 0 Å². The van der Waals surface area contributed by atoms with Crippen LogP contribution in [0.3, 0.4) is 0 Å². The molecule has 0 aliphatic carbocycles. The van der Waals surface area contributed by atoms with E-state index in [1.54, 1.807) is 18.5 Å². The molecule has 1 amide bonds. The summed E-state index contributed by atoms with van der Waals surface area (Å²) in [5.74, 6) is 0.297. The Morgan fingerprint density at radius 2 is 1.79 bits per heavy atom. The van der Waals surface area contributed by atoms with Crippen LogP contribution in [0.4, 0.5) is 0 Å². The van der Waals surface area contributed by atoms with Crippen LogP contribution in [0.25, 0.3) is 22.5 Å². The molecule has 0 saturated heterocycles. The second-order valence-electron chi connectivity index (χ2n) is 8.82. The Kier molecular flexibility index (Phi) is 11.5. The molecular formula is C30H29LiN2O5S. The molecule has 9 heteroatoms. The number of thioether (sulfide) groups is 1. The van der Waals surface area contributed by atoms with Crippen LogP contribution >= 0.6 is 11.8 Å². The molecule has 196 valence electrons. The Labute approximate surface area is 244 Å². The number of carbonyl (C=O) groups excluding carboxylic acids is 2. The second-order valence-corrected chi connectivity index (χ2v) is 9.80. The molecule has 0 spiro atoms. The van der Waals surface area contributed by atoms with Crippen molar-refractivity contribution in [3.8, 4) is 22.5 Å². The summed E-state index contributed by atoms with van der Waals surface area (Å²) in [4.78, 5) is 28.8. The number of hydrogen-bond acceptors (Lipinski definition) is 7. The van der Waals surface area contributed by atoms with Crippen LogP contribution in [-0.4, -0.2) is 34.9 Å². The SMILES string of the molecule is CSCC[C@H](NC(=O)c1ccc(COCc2ccc(-c3ccncc3)o2)cc1-c1ccccc1C)C(=O)[O-].[Li+]. The van der Waals surface area contributed by atoms with Gasteiger partial charge in [0.05, 0.1) is 18.6 Å². The topological polar surface area (TPSA) is 104 Å². The summed E-state index contributed by atoms with van der Waals surface area (Å²) in [5, 5.41) is 14.2. The van der Waals surface area contributed by atoms with Gasteiger partial charge in [0.2, 0.25) is 0 Å². The first kappa shape index (κ1) is 30.3. The number of hydrogen-bond donors (Lipinski definition) is 1. The van der Waals surface area contributed by atoms with Crippen molar-refractivity contribution in [2.45, 2.75) is 32.6 Å². The number of rotatable bonds is 12. The molecule has 0 unspecified atom stereocenters. The fourth-order valence-electron chi connectivity index (χ4n) is 4.09. The number of carboxylic acid groups (broad SMARTS) is 1. The zero-order chi connectivity index (χ0) is 26.9. The Bertz CT molecular complexity index is 1390. The van der Waals surface area contributed by atoms with E-state index in [0.29, 0.717) is 29.2 Å². The maximum Gasteiger partial charge on any atom is 1.00 e. The van der Waals surface area contributed by atoms with Gasteiger partial charge in [-0.3, -0.25) is 9.78 Å². The number of pyridine rings is 1. The van der Waals surface area contributed by atoms with Crippen molar-refractivity contribution < 1.29 is 42.7 Å². The Balaban J connectivity index is 0.00000420. The van der Waals surface area contributed by atoms with E-state index in [2.05, 4.69) is 10.3 Å². The van der Waals surface area contributed by atoms with Crippen molar-refractivity contribution >= 4 is 23.6 Å². The van der Waals surface area contributed by atoms with E-state index in [1.807, 2.05) is 73.8 Å². The third kappa shape index (κ3) is 8.10. The molecular weight excluding hydrogens is 507 g/mol. The predicted molar refractivity (Wildman–Crippen MR) is 146 cm³/mol. The number of furan rings is 1. The molecule has 2 aromatic carbocycles. The van der Waals surface area contributed by atoms with Crippen LogP contribution in [0.1, 0.15) is 33.7 Å². The molecule has 0 fully saturated rings. The van der Waals surface area contributed by atoms with Gasteiger partial charge < -0.3 is 24.4 Å². The van der Waals surface area contributed by atoms with Gasteiger partial charge in [-0.1, -0.05) is 30.3 Å². The van der Waals surface area contributed by atoms with E-state index >= 15 is 0 Å². The van der Waals surface area contributed by atoms with Crippen molar-refractivity contribution in [2.24, 2.45) is 0 Å². The molecule has 2 heterocycles. The van der Waals surface area contributed by atoms with Gasteiger partial charge in [-0.2, -0.15) is 11.8 Å². The largest absolute Gasteiger partial charge is 1.00 e. The van der Waals surface area contributed by atoms with Gasteiger partial charge in [0.25, 0.3) is 5.91 Å². The average molecular weight is 537 g/mol. The maximum atomic E-state index is 13.2. The van der Waals surface area contributed by atoms with Gasteiger partial charge in [-0.25, -0.2) is 0 Å². The molecule has 4 aromatic rings. The summed E-state index contributed by atoms with van der Waals surface area (Å²) in [6.45, 7) is 2.57. The van der Waals surface area contributed by atoms with Gasteiger partial charge in [0, 0.05) is 23.5 Å². The third-order valence-electron chi connectivity index (χ3n) is 6.10. The van der Waals surface area contributed by atoms with Crippen LogP contribution in [0.5, 0.6) is 0 Å². The summed E-state index contributed by atoms with van der Waals surface area (Å²) in [6, 6.07) is 19.7. The predicted octanol–water partition coefficient (Wildman–Crippen LogP) is 1.64. The number of benzene rings is 2. The number of nitrogens with zero attached hydrogens (tertiary/aromatic N) is 1. The Morgan fingerprint density at radius 1 is 1.03 bits per heavy atom. The Morgan fingerprint density at radius 3 is 2.51 bits per heavy atom. The fourth-order valence-corrected chi connectivity index (χ4v) is 4.57. The molecule has 0 aliphatic heterocycles. The van der Waals surface area contributed by atoms with Gasteiger partial charge in [-0.05, 0) is 84.0 Å². The molecule has 4 rings (SSSR count). The monoisotopic (exact) mass is 536 g/mol. The normalized spacial score (nSPS) is 11.4. The first-order valence-corrected chi connectivity index (χ1v) is 13.6. The zero-order valence-corrected chi connectivity index (χ0v) is 23.1. The fraction of sp³-hybridized carbons (Fsp3) is 0.233. The number of carbonyl (C=O) groups is 2. The van der Waals surface area contributed by atoms with Gasteiger partial charge in [0.1, 0.15) is 18.1 Å². The van der Waals surface area contributed by atoms with E-state index in [1.165, 1.54) is 11.8 Å². The first-order valence-electron chi connectivity index (χ1n) is 12.2. The van der Waals surface area contributed by atoms with E-state index < -0.39 is 17.9 Å². The zero-order valence-electron chi connectivity index (χ0n) is 22.3. The summed E-state index contributed by atoms with van der Waals surface area (Å²) in [6.07, 6.45) is 5.60. The molecule has 39 heavy (non-hydrogen) atoms. The molecule has 7 nitrogen and oxygen atoms in total. The van der Waals surface area contributed by atoms with E-state index in [4.69, 9.17) is 9.15 Å². The number of ether oxygens (including phenoxy) is 1. The molecule has 0 bridgehead atoms. The van der Waals surface area contributed by atoms with Crippen LogP contribution < -0.4 is 29.3 Å². The van der Waals surface area contributed by atoms with Crippen molar-refractivity contribution in [2.75, 3.05) is 12.0 Å². The number of aliphatic carboxylic acids is 1. The summed E-state index contributed by atoms with van der Waals surface area (Å²) >= 11 is 1.51. The smallest absolute Gasteiger partial charge is 0.548 e. The minimum absolute atomic E-state index is 0. The summed E-state index contributed by atoms with van der Waals surface area (Å²) < 4.78 is 11.8. The van der Waals surface area contributed by atoms with Crippen molar-refractivity contribution in [3.63, 3.8) is 0 Å². The third-order valence-corrected chi connectivity index (χ3v) is 6.75. The molecule has 1 N–H and O–H groups in total. The minimum Gasteiger partial charge on any atom is -0.548 e. The van der Waals surface area contributed by atoms with Crippen LogP contribution in [-0.2, 0) is 22.7 Å². The Hall–Kier alpha value is -3.28. The molecule has 2 aromatic heterocycles. The van der Waals surface area contributed by atoms with Crippen molar-refractivity contribution in [3.05, 3.63) is 102 Å². The standard InChI is InChI=1S/C30H30N2O5S.Li/c1-20-5-3-4-6-24(20)26-17-21(7-9-25(26)29(33)32-27(30(34)35)13-16-38-2)18-36-19-23-8-10-28(37-23)22-11-14-31-15-12-22;/h3-12,14-15,17,27H,13,16,18-19H2,1-2H3,(H,32,33)(H,34,35);/q;+1/p-1/t27-;/m0./s1. The first-order chi connectivity index (χ1) is 18.5. The van der Waals surface area contributed by atoms with E-state index in [0.717, 1.165) is 28.0 Å². The number of amides is 1. The average Bonchev–Trinajstić information content (AvgIpc) is 3.40. The van der Waals surface area contributed by atoms with Crippen LogP contribution in [0, 0.1) is 6.92 Å². The number of aryl methyl sites for hydroxylation is 1. The summed E-state index contributed by atoms with van der Waals surface area (Å²) in [5.41, 5.74) is 4.81. The van der Waals surface area contributed by atoms with E-state index in [9.17, 15) is 14.7 Å². The minimum atomic E-state index is -1.29. The van der Waals surface area contributed by atoms with Crippen molar-refractivity contribution in [1.82, 2.24) is 10.3 Å². The second kappa shape index (κ2) is 14.8. The maximum absolute atomic E-state index is 13.2. The molecule has 0 radical (unpaired) electrons. The molecule has 0 aliphatic rings. The molecule has 1 atom stereocenters. The molecule has 0 saturated carbocycles. The number of carboxylic acids is 1. The van der Waals surface area contributed by atoms with Crippen LogP contribution in [0.15, 0.2) is 83.5 Å². The number of nitrogens with one attached hydrogen (secondary N) is 1. The number of aromatic nitrogens is 1. The van der Waals surface area contributed by atoms with Gasteiger partial charge >= 0.3 is 18.9 Å². The summed E-state index contributed by atoms with van der Waals surface area (Å²) in [7, 11) is 0. The van der Waals surface area contributed by atoms with Crippen molar-refractivity contribution in [1.29, 1.82) is 0 Å². The quantitative estimate of drug-likeness (QED) is 0.275.